The molecule has 1 atom stereocenters. The molecule has 10 nitrogen and oxygen atoms in total. The second-order valence-corrected chi connectivity index (χ2v) is 10.7. The van der Waals surface area contributed by atoms with Gasteiger partial charge in [-0.15, -0.1) is 10.2 Å². The van der Waals surface area contributed by atoms with E-state index in [1.165, 1.54) is 35.5 Å². The summed E-state index contributed by atoms with van der Waals surface area (Å²) < 4.78 is 38.5. The molecule has 0 radical (unpaired) electrons. The van der Waals surface area contributed by atoms with Crippen molar-refractivity contribution < 1.29 is 27.5 Å². The Morgan fingerprint density at radius 1 is 1.09 bits per heavy atom. The molecule has 3 heterocycles. The lowest BCUT2D eigenvalue weighted by molar-refractivity contribution is 0.101. The highest BCUT2D eigenvalue weighted by Crippen LogP contribution is 2.38. The number of rotatable bonds is 6. The fraction of sp³-hybridized carbons (Fsp3) is 0.273. The van der Waals surface area contributed by atoms with Crippen molar-refractivity contribution in [1.82, 2.24) is 14.5 Å². The van der Waals surface area contributed by atoms with Gasteiger partial charge in [0.15, 0.2) is 17.3 Å². The minimum Gasteiger partial charge on any atom is -0.454 e. The summed E-state index contributed by atoms with van der Waals surface area (Å²) >= 11 is 1.06. The zero-order chi connectivity index (χ0) is 23.9. The number of sulfonamides is 1. The van der Waals surface area contributed by atoms with Crippen LogP contribution in [-0.2, 0) is 10.0 Å². The number of hydrogen-bond acceptors (Lipinski definition) is 9. The van der Waals surface area contributed by atoms with Crippen LogP contribution in [0.1, 0.15) is 51.0 Å². The average Bonchev–Trinajstić information content (AvgIpc) is 3.58. The van der Waals surface area contributed by atoms with Crippen molar-refractivity contribution in [2.45, 2.75) is 30.7 Å². The number of carbonyl (C=O) groups excluding carboxylic acids is 2. The molecule has 12 heteroatoms. The van der Waals surface area contributed by atoms with Crippen LogP contribution < -0.4 is 14.8 Å². The van der Waals surface area contributed by atoms with Crippen molar-refractivity contribution >= 4 is 38.7 Å². The van der Waals surface area contributed by atoms with Gasteiger partial charge in [-0.25, -0.2) is 8.42 Å². The minimum atomic E-state index is -3.81. The molecule has 1 saturated heterocycles. The summed E-state index contributed by atoms with van der Waals surface area (Å²) in [4.78, 5) is 24.3. The second kappa shape index (κ2) is 8.78. The van der Waals surface area contributed by atoms with Crippen LogP contribution >= 0.6 is 11.3 Å². The van der Waals surface area contributed by atoms with Crippen molar-refractivity contribution in [1.29, 1.82) is 0 Å². The fourth-order valence-corrected chi connectivity index (χ4v) is 6.51. The van der Waals surface area contributed by atoms with Gasteiger partial charge in [-0.3, -0.25) is 9.59 Å². The number of nitrogens with zero attached hydrogens (tertiary/aromatic N) is 3. The van der Waals surface area contributed by atoms with Crippen LogP contribution in [0, 0.1) is 0 Å². The number of ketones is 1. The van der Waals surface area contributed by atoms with Gasteiger partial charge in [0, 0.05) is 23.9 Å². The lowest BCUT2D eigenvalue weighted by Gasteiger charge is -2.22. The molecule has 0 bridgehead atoms. The Morgan fingerprint density at radius 2 is 1.85 bits per heavy atom. The normalized spacial score (nSPS) is 17.6. The van der Waals surface area contributed by atoms with E-state index in [1.807, 2.05) is 0 Å². The van der Waals surface area contributed by atoms with Crippen molar-refractivity contribution in [3.8, 4) is 11.5 Å². The van der Waals surface area contributed by atoms with E-state index in [1.54, 1.807) is 18.2 Å². The molecular weight excluding hydrogens is 480 g/mol. The summed E-state index contributed by atoms with van der Waals surface area (Å²) in [6.45, 7) is 1.89. The quantitative estimate of drug-likeness (QED) is 0.511. The van der Waals surface area contributed by atoms with Crippen LogP contribution in [0.3, 0.4) is 0 Å². The van der Waals surface area contributed by atoms with E-state index < -0.39 is 22.0 Å². The van der Waals surface area contributed by atoms with E-state index in [4.69, 9.17) is 9.47 Å². The number of fused-ring (bicyclic) bond motifs is 1. The maximum atomic E-state index is 13.3. The Labute approximate surface area is 199 Å². The highest BCUT2D eigenvalue weighted by atomic mass is 32.2. The van der Waals surface area contributed by atoms with Gasteiger partial charge in [0.05, 0.1) is 10.9 Å². The SMILES string of the molecule is CC(=O)c1ccc(S(=O)(=O)N2CCCC2c2nnc(C(=O)Nc3ccc4c(c3)OCO4)s2)cc1. The molecule has 2 aliphatic rings. The lowest BCUT2D eigenvalue weighted by atomic mass is 10.2. The second-order valence-electron chi connectivity index (χ2n) is 7.82. The number of aromatic nitrogens is 2. The molecule has 34 heavy (non-hydrogen) atoms. The summed E-state index contributed by atoms with van der Waals surface area (Å²) in [5, 5.41) is 11.4. The number of anilines is 1. The van der Waals surface area contributed by atoms with Gasteiger partial charge in [0.2, 0.25) is 21.8 Å². The summed E-state index contributed by atoms with van der Waals surface area (Å²) in [6, 6.07) is 10.4. The Hall–Kier alpha value is -3.35. The van der Waals surface area contributed by atoms with Crippen molar-refractivity contribution in [2.24, 2.45) is 0 Å². The number of ether oxygens (including phenoxy) is 2. The number of amides is 1. The maximum absolute atomic E-state index is 13.3. The molecular formula is C22H20N4O6S2. The summed E-state index contributed by atoms with van der Waals surface area (Å²) in [5.41, 5.74) is 0.962. The van der Waals surface area contributed by atoms with Gasteiger partial charge < -0.3 is 14.8 Å². The zero-order valence-corrected chi connectivity index (χ0v) is 19.7. The third-order valence-electron chi connectivity index (χ3n) is 5.62. The Kier molecular flexibility index (Phi) is 5.80. The Balaban J connectivity index is 1.33. The van der Waals surface area contributed by atoms with E-state index in [9.17, 15) is 18.0 Å². The van der Waals surface area contributed by atoms with Gasteiger partial charge in [-0.1, -0.05) is 23.5 Å². The van der Waals surface area contributed by atoms with Crippen molar-refractivity contribution in [3.05, 3.63) is 58.0 Å². The van der Waals surface area contributed by atoms with Crippen LogP contribution in [-0.4, -0.2) is 47.9 Å². The van der Waals surface area contributed by atoms with Crippen LogP contribution in [0.2, 0.25) is 0 Å². The Morgan fingerprint density at radius 3 is 2.62 bits per heavy atom. The smallest absolute Gasteiger partial charge is 0.286 e. The van der Waals surface area contributed by atoms with E-state index in [0.717, 1.165) is 11.3 Å². The zero-order valence-electron chi connectivity index (χ0n) is 18.1. The molecule has 2 aliphatic heterocycles. The molecule has 1 aromatic heterocycles. The molecule has 176 valence electrons. The first-order valence-electron chi connectivity index (χ1n) is 10.5. The number of nitrogens with one attached hydrogen (secondary N) is 1. The number of carbonyl (C=O) groups is 2. The molecule has 0 aliphatic carbocycles. The van der Waals surface area contributed by atoms with Crippen molar-refractivity contribution in [3.63, 3.8) is 0 Å². The number of benzene rings is 2. The third kappa shape index (κ3) is 4.15. The molecule has 0 saturated carbocycles. The van der Waals surface area contributed by atoms with Gasteiger partial charge in [-0.05, 0) is 44.0 Å². The standard InChI is InChI=1S/C22H20N4O6S2/c1-13(27)14-4-7-16(8-5-14)34(29,30)26-10-2-3-17(26)21-24-25-22(33-21)20(28)23-15-6-9-18-19(11-15)32-12-31-18/h4-9,11,17H,2-3,10,12H2,1H3,(H,23,28). The highest BCUT2D eigenvalue weighted by Gasteiger charge is 2.38. The van der Waals surface area contributed by atoms with Crippen molar-refractivity contribution in [2.75, 3.05) is 18.7 Å². The monoisotopic (exact) mass is 500 g/mol. The van der Waals surface area contributed by atoms with Crippen LogP contribution in [0.4, 0.5) is 5.69 Å². The van der Waals surface area contributed by atoms with Gasteiger partial charge in [0.25, 0.3) is 5.91 Å². The first kappa shape index (κ1) is 22.4. The van der Waals surface area contributed by atoms with E-state index in [0.29, 0.717) is 47.1 Å². The molecule has 1 unspecified atom stereocenters. The first-order valence-corrected chi connectivity index (χ1v) is 12.8. The molecule has 1 N–H and O–H groups in total. The number of Topliss-reactive ketones (excluding diaryl/α,β-unsaturated/α-hetero) is 1. The molecule has 3 aromatic rings. The minimum absolute atomic E-state index is 0.106. The largest absolute Gasteiger partial charge is 0.454 e. The molecule has 0 spiro atoms. The van der Waals surface area contributed by atoms with E-state index in [2.05, 4.69) is 15.5 Å². The summed E-state index contributed by atoms with van der Waals surface area (Å²) in [7, 11) is -3.81. The summed E-state index contributed by atoms with van der Waals surface area (Å²) in [5.74, 6) is 0.562. The van der Waals surface area contributed by atoms with Crippen LogP contribution in [0.5, 0.6) is 11.5 Å². The predicted octanol–water partition coefficient (Wildman–Crippen LogP) is 3.25. The third-order valence-corrected chi connectivity index (χ3v) is 8.57. The molecule has 1 amide bonds. The molecule has 1 fully saturated rings. The van der Waals surface area contributed by atoms with Gasteiger partial charge in [0.1, 0.15) is 5.01 Å². The molecule has 2 aromatic carbocycles. The van der Waals surface area contributed by atoms with Gasteiger partial charge >= 0.3 is 0 Å². The first-order chi connectivity index (χ1) is 16.3. The Bertz CT molecular complexity index is 1370. The van der Waals surface area contributed by atoms with Gasteiger partial charge in [-0.2, -0.15) is 4.31 Å². The topological polar surface area (TPSA) is 128 Å². The fourth-order valence-electron chi connectivity index (χ4n) is 3.89. The van der Waals surface area contributed by atoms with E-state index >= 15 is 0 Å². The van der Waals surface area contributed by atoms with Crippen LogP contribution in [0.25, 0.3) is 0 Å². The maximum Gasteiger partial charge on any atom is 0.286 e. The van der Waals surface area contributed by atoms with Crippen LogP contribution in [0.15, 0.2) is 47.4 Å². The predicted molar refractivity (Wildman–Crippen MR) is 123 cm³/mol. The molecule has 5 rings (SSSR count). The highest BCUT2D eigenvalue weighted by molar-refractivity contribution is 7.89. The lowest BCUT2D eigenvalue weighted by Crippen LogP contribution is -2.30. The summed E-state index contributed by atoms with van der Waals surface area (Å²) in [6.07, 6.45) is 1.23. The number of hydrogen-bond donors (Lipinski definition) is 1. The van der Waals surface area contributed by atoms with E-state index in [-0.39, 0.29) is 22.5 Å². The average molecular weight is 501 g/mol.